The fourth-order valence-corrected chi connectivity index (χ4v) is 1.54. The van der Waals surface area contributed by atoms with Gasteiger partial charge in [-0.05, 0) is 17.7 Å². The monoisotopic (exact) mass is 239 g/mol. The number of halogens is 3. The van der Waals surface area contributed by atoms with Gasteiger partial charge in [-0.15, -0.1) is 5.10 Å². The van der Waals surface area contributed by atoms with Crippen LogP contribution in [-0.4, -0.2) is 10.2 Å². The smallest absolute Gasteiger partial charge is 0.382 e. The Morgan fingerprint density at radius 2 is 1.71 bits per heavy atom. The molecule has 2 N–H and O–H groups in total. The molecule has 2 rings (SSSR count). The lowest BCUT2D eigenvalue weighted by molar-refractivity contribution is -0.137. The van der Waals surface area contributed by atoms with Crippen LogP contribution in [0, 0.1) is 0 Å². The Labute approximate surface area is 95.1 Å². The number of aromatic nitrogens is 2. The number of nitrogens with zero attached hydrogens (tertiary/aromatic N) is 2. The average molecular weight is 239 g/mol. The molecule has 17 heavy (non-hydrogen) atoms. The van der Waals surface area contributed by atoms with Crippen molar-refractivity contribution in [3.63, 3.8) is 0 Å². The molecule has 88 valence electrons. The first-order valence-corrected chi connectivity index (χ1v) is 4.74. The van der Waals surface area contributed by atoms with Crippen LogP contribution in [0.25, 0.3) is 11.1 Å². The summed E-state index contributed by atoms with van der Waals surface area (Å²) in [6.07, 6.45) is -3.12. The SMILES string of the molecule is Nc1nnccc1-c1ccccc1C(F)(F)F. The quantitative estimate of drug-likeness (QED) is 0.832. The van der Waals surface area contributed by atoms with E-state index < -0.39 is 11.7 Å². The van der Waals surface area contributed by atoms with E-state index in [1.54, 1.807) is 0 Å². The maximum Gasteiger partial charge on any atom is 0.417 e. The number of nitrogens with two attached hydrogens (primary N) is 1. The van der Waals surface area contributed by atoms with Crippen LogP contribution in [0.3, 0.4) is 0 Å². The third-order valence-electron chi connectivity index (χ3n) is 2.27. The summed E-state index contributed by atoms with van der Waals surface area (Å²) in [6, 6.07) is 6.62. The topological polar surface area (TPSA) is 51.8 Å². The van der Waals surface area contributed by atoms with Crippen LogP contribution >= 0.6 is 0 Å². The second-order valence-electron chi connectivity index (χ2n) is 3.37. The molecule has 0 saturated heterocycles. The molecular formula is C11H8F3N3. The highest BCUT2D eigenvalue weighted by molar-refractivity contribution is 5.76. The number of alkyl halides is 3. The first-order valence-electron chi connectivity index (χ1n) is 4.74. The molecule has 1 aromatic carbocycles. The van der Waals surface area contributed by atoms with Crippen molar-refractivity contribution in [1.29, 1.82) is 0 Å². The van der Waals surface area contributed by atoms with Crippen molar-refractivity contribution in [2.75, 3.05) is 5.73 Å². The van der Waals surface area contributed by atoms with Gasteiger partial charge < -0.3 is 5.73 Å². The van der Waals surface area contributed by atoms with Crippen LogP contribution in [0.2, 0.25) is 0 Å². The molecule has 6 heteroatoms. The van der Waals surface area contributed by atoms with E-state index in [-0.39, 0.29) is 16.9 Å². The molecule has 0 saturated carbocycles. The van der Waals surface area contributed by atoms with Crippen molar-refractivity contribution in [2.24, 2.45) is 0 Å². The lowest BCUT2D eigenvalue weighted by Gasteiger charge is -2.13. The van der Waals surface area contributed by atoms with Crippen molar-refractivity contribution >= 4 is 5.82 Å². The molecule has 0 radical (unpaired) electrons. The molecular weight excluding hydrogens is 231 g/mol. The Balaban J connectivity index is 2.65. The van der Waals surface area contributed by atoms with Crippen molar-refractivity contribution in [1.82, 2.24) is 10.2 Å². The first-order chi connectivity index (χ1) is 8.00. The zero-order chi connectivity index (χ0) is 12.5. The van der Waals surface area contributed by atoms with Crippen LogP contribution in [-0.2, 0) is 6.18 Å². The zero-order valence-corrected chi connectivity index (χ0v) is 8.57. The van der Waals surface area contributed by atoms with Gasteiger partial charge in [0.2, 0.25) is 0 Å². The molecule has 0 amide bonds. The Morgan fingerprint density at radius 1 is 1.00 bits per heavy atom. The number of hydrogen-bond acceptors (Lipinski definition) is 3. The van der Waals surface area contributed by atoms with Crippen LogP contribution < -0.4 is 5.73 Å². The maximum absolute atomic E-state index is 12.8. The van der Waals surface area contributed by atoms with Crippen molar-refractivity contribution in [2.45, 2.75) is 6.18 Å². The molecule has 0 aliphatic rings. The number of rotatable bonds is 1. The Morgan fingerprint density at radius 3 is 2.35 bits per heavy atom. The number of benzene rings is 1. The highest BCUT2D eigenvalue weighted by atomic mass is 19.4. The second kappa shape index (κ2) is 4.04. The van der Waals surface area contributed by atoms with Gasteiger partial charge >= 0.3 is 6.18 Å². The Hall–Kier alpha value is -2.11. The van der Waals surface area contributed by atoms with Gasteiger partial charge in [-0.1, -0.05) is 18.2 Å². The molecule has 1 heterocycles. The Bertz CT molecular complexity index is 537. The highest BCUT2D eigenvalue weighted by Gasteiger charge is 2.33. The zero-order valence-electron chi connectivity index (χ0n) is 8.57. The second-order valence-corrected chi connectivity index (χ2v) is 3.37. The summed E-state index contributed by atoms with van der Waals surface area (Å²) in [5.41, 5.74) is 5.02. The summed E-state index contributed by atoms with van der Waals surface area (Å²) in [4.78, 5) is 0. The van der Waals surface area contributed by atoms with E-state index in [9.17, 15) is 13.2 Å². The van der Waals surface area contributed by atoms with E-state index >= 15 is 0 Å². The van der Waals surface area contributed by atoms with E-state index in [4.69, 9.17) is 5.73 Å². The van der Waals surface area contributed by atoms with Gasteiger partial charge in [-0.2, -0.15) is 18.3 Å². The predicted octanol–water partition coefficient (Wildman–Crippen LogP) is 2.74. The maximum atomic E-state index is 12.8. The van der Waals surface area contributed by atoms with E-state index in [1.165, 1.54) is 30.5 Å². The summed E-state index contributed by atoms with van der Waals surface area (Å²) >= 11 is 0. The van der Waals surface area contributed by atoms with Gasteiger partial charge in [0, 0.05) is 5.56 Å². The Kier molecular flexibility index (Phi) is 2.71. The van der Waals surface area contributed by atoms with Gasteiger partial charge in [0.15, 0.2) is 5.82 Å². The van der Waals surface area contributed by atoms with E-state index in [0.717, 1.165) is 6.07 Å². The van der Waals surface area contributed by atoms with E-state index in [1.807, 2.05) is 0 Å². The van der Waals surface area contributed by atoms with E-state index in [0.29, 0.717) is 0 Å². The minimum absolute atomic E-state index is 0.00685. The normalized spacial score (nSPS) is 11.5. The lowest BCUT2D eigenvalue weighted by Crippen LogP contribution is -2.08. The molecule has 0 aliphatic carbocycles. The molecule has 0 atom stereocenters. The number of hydrogen-bond donors (Lipinski definition) is 1. The summed E-state index contributed by atoms with van der Waals surface area (Å²) in [6.45, 7) is 0. The van der Waals surface area contributed by atoms with Crippen molar-refractivity contribution in [3.8, 4) is 11.1 Å². The number of nitrogen functional groups attached to an aromatic ring is 1. The van der Waals surface area contributed by atoms with E-state index in [2.05, 4.69) is 10.2 Å². The first kappa shape index (κ1) is 11.4. The van der Waals surface area contributed by atoms with Crippen LogP contribution in [0.4, 0.5) is 19.0 Å². The average Bonchev–Trinajstić information content (AvgIpc) is 2.28. The molecule has 0 unspecified atom stereocenters. The highest BCUT2D eigenvalue weighted by Crippen LogP contribution is 2.37. The molecule has 0 spiro atoms. The molecule has 2 aromatic rings. The van der Waals surface area contributed by atoms with Gasteiger partial charge in [-0.25, -0.2) is 0 Å². The minimum atomic E-state index is -4.42. The molecule has 1 aromatic heterocycles. The standard InChI is InChI=1S/C11H8F3N3/c12-11(13,14)9-4-2-1-3-7(9)8-5-6-16-17-10(8)15/h1-6H,(H2,15,17). The van der Waals surface area contributed by atoms with Gasteiger partial charge in [0.05, 0.1) is 11.8 Å². The van der Waals surface area contributed by atoms with Crippen LogP contribution in [0.1, 0.15) is 5.56 Å². The van der Waals surface area contributed by atoms with Gasteiger partial charge in [-0.3, -0.25) is 0 Å². The van der Waals surface area contributed by atoms with Crippen LogP contribution in [0.15, 0.2) is 36.5 Å². The summed E-state index contributed by atoms with van der Waals surface area (Å²) < 4.78 is 38.4. The molecule has 0 fully saturated rings. The largest absolute Gasteiger partial charge is 0.417 e. The van der Waals surface area contributed by atoms with Gasteiger partial charge in [0.25, 0.3) is 0 Å². The fourth-order valence-electron chi connectivity index (χ4n) is 1.54. The molecule has 3 nitrogen and oxygen atoms in total. The summed E-state index contributed by atoms with van der Waals surface area (Å²) in [5, 5.41) is 7.05. The van der Waals surface area contributed by atoms with Gasteiger partial charge in [0.1, 0.15) is 0 Å². The minimum Gasteiger partial charge on any atom is -0.382 e. The third kappa shape index (κ3) is 2.20. The fraction of sp³-hybridized carbons (Fsp3) is 0.0909. The van der Waals surface area contributed by atoms with Crippen molar-refractivity contribution in [3.05, 3.63) is 42.1 Å². The molecule has 0 aliphatic heterocycles. The lowest BCUT2D eigenvalue weighted by atomic mass is 10.0. The summed E-state index contributed by atoms with van der Waals surface area (Å²) in [5.74, 6) is -0.0239. The summed E-state index contributed by atoms with van der Waals surface area (Å²) in [7, 11) is 0. The molecule has 0 bridgehead atoms. The predicted molar refractivity (Wildman–Crippen MR) is 56.9 cm³/mol. The van der Waals surface area contributed by atoms with Crippen molar-refractivity contribution < 1.29 is 13.2 Å². The van der Waals surface area contributed by atoms with Crippen LogP contribution in [0.5, 0.6) is 0 Å². The number of anilines is 1. The third-order valence-corrected chi connectivity index (χ3v) is 2.27.